The maximum absolute atomic E-state index is 7.44. The van der Waals surface area contributed by atoms with Crippen LogP contribution in [0.5, 0.6) is 0 Å². The number of rotatable bonds is 15. The topological polar surface area (TPSA) is 53.7 Å². The maximum atomic E-state index is 7.44. The second-order valence-electron chi connectivity index (χ2n) is 12.5. The Kier molecular flexibility index (Phi) is 11.7. The fourth-order valence-electron chi connectivity index (χ4n) is 4.86. The van der Waals surface area contributed by atoms with E-state index < -0.39 is 33.3 Å². The standard InChI is InChI=1S/C23H57NO3Si4/c1-15-21(25-30(12,13)27-29(9,10)11)22(4,16-2)31(14,20-18-19-24)26-23(5,17-3)28(6,7)8/h21H,15-20,24H2,1-14H3/t21?,22?,23?,31-/m0/s1. The highest BCUT2D eigenvalue weighted by atomic mass is 28.4. The van der Waals surface area contributed by atoms with E-state index in [4.69, 9.17) is 18.7 Å². The first-order chi connectivity index (χ1) is 13.8. The Labute approximate surface area is 199 Å². The maximum Gasteiger partial charge on any atom is 0.321 e. The van der Waals surface area contributed by atoms with Crippen LogP contribution in [0.2, 0.25) is 70.0 Å². The van der Waals surface area contributed by atoms with Crippen molar-refractivity contribution in [1.82, 2.24) is 0 Å². The molecule has 188 valence electrons. The molecule has 4 nitrogen and oxygen atoms in total. The summed E-state index contributed by atoms with van der Waals surface area (Å²) in [5.74, 6) is 0. The second kappa shape index (κ2) is 11.4. The van der Waals surface area contributed by atoms with Gasteiger partial charge in [0.1, 0.15) is 0 Å². The number of hydrogen-bond acceptors (Lipinski definition) is 4. The lowest BCUT2D eigenvalue weighted by Crippen LogP contribution is -2.63. The minimum atomic E-state index is -2.25. The van der Waals surface area contributed by atoms with Crippen LogP contribution < -0.4 is 5.73 Å². The Morgan fingerprint density at radius 3 is 1.68 bits per heavy atom. The highest BCUT2D eigenvalue weighted by Crippen LogP contribution is 2.52. The van der Waals surface area contributed by atoms with Crippen molar-refractivity contribution in [2.75, 3.05) is 6.54 Å². The Hall–Kier alpha value is 0.708. The summed E-state index contributed by atoms with van der Waals surface area (Å²) in [6.45, 7) is 33.5. The van der Waals surface area contributed by atoms with Crippen molar-refractivity contribution in [3.8, 4) is 0 Å². The first-order valence-corrected chi connectivity index (χ1v) is 24.9. The van der Waals surface area contributed by atoms with Gasteiger partial charge in [-0.05, 0) is 84.5 Å². The van der Waals surface area contributed by atoms with Gasteiger partial charge in [0.15, 0.2) is 16.6 Å². The number of hydrogen-bond donors (Lipinski definition) is 1. The Morgan fingerprint density at radius 2 is 1.35 bits per heavy atom. The van der Waals surface area contributed by atoms with Gasteiger partial charge in [0.2, 0.25) is 0 Å². The predicted octanol–water partition coefficient (Wildman–Crippen LogP) is 7.49. The highest BCUT2D eigenvalue weighted by molar-refractivity contribution is 6.82. The predicted molar refractivity (Wildman–Crippen MR) is 149 cm³/mol. The first kappa shape index (κ1) is 31.7. The van der Waals surface area contributed by atoms with Gasteiger partial charge in [-0.15, -0.1) is 0 Å². The van der Waals surface area contributed by atoms with Gasteiger partial charge >= 0.3 is 8.56 Å². The summed E-state index contributed by atoms with van der Waals surface area (Å²) in [6.07, 6.45) is 4.27. The van der Waals surface area contributed by atoms with Crippen LogP contribution in [0.3, 0.4) is 0 Å². The Bertz CT molecular complexity index is 550. The SMILES string of the molecule is CCC(O[Si](C)(C)O[Si](C)(C)C)C(C)(CC)[Si@](C)(CCCN)OC(C)(CC)[Si](C)(C)C. The van der Waals surface area contributed by atoms with Gasteiger partial charge in [-0.3, -0.25) is 0 Å². The van der Waals surface area contributed by atoms with Crippen molar-refractivity contribution in [1.29, 1.82) is 0 Å². The monoisotopic (exact) mass is 507 g/mol. The molecule has 0 rings (SSSR count). The lowest BCUT2D eigenvalue weighted by Gasteiger charge is -2.55. The molecule has 0 saturated carbocycles. The third-order valence-electron chi connectivity index (χ3n) is 7.57. The molecule has 0 saturated heterocycles. The van der Waals surface area contributed by atoms with Crippen LogP contribution in [0.15, 0.2) is 0 Å². The van der Waals surface area contributed by atoms with Crippen molar-refractivity contribution < 1.29 is 13.0 Å². The summed E-state index contributed by atoms with van der Waals surface area (Å²) in [5, 5.41) is -0.0425. The highest BCUT2D eigenvalue weighted by Gasteiger charge is 2.56. The molecule has 0 heterocycles. The van der Waals surface area contributed by atoms with Crippen LogP contribution in [0, 0.1) is 0 Å². The largest absolute Gasteiger partial charge is 0.436 e. The lowest BCUT2D eigenvalue weighted by atomic mass is 9.98. The molecule has 8 heteroatoms. The summed E-state index contributed by atoms with van der Waals surface area (Å²) in [6, 6.07) is 1.09. The van der Waals surface area contributed by atoms with Crippen LogP contribution in [-0.2, 0) is 13.0 Å². The van der Waals surface area contributed by atoms with E-state index in [2.05, 4.69) is 93.5 Å². The van der Waals surface area contributed by atoms with Gasteiger partial charge in [0.25, 0.3) is 0 Å². The summed E-state index contributed by atoms with van der Waals surface area (Å²) >= 11 is 0. The fraction of sp³-hybridized carbons (Fsp3) is 1.00. The molecule has 31 heavy (non-hydrogen) atoms. The zero-order valence-corrected chi connectivity index (χ0v) is 27.6. The molecular weight excluding hydrogens is 451 g/mol. The molecule has 0 aliphatic carbocycles. The Balaban J connectivity index is 6.33. The van der Waals surface area contributed by atoms with E-state index in [1.165, 1.54) is 0 Å². The molecule has 4 atom stereocenters. The smallest absolute Gasteiger partial charge is 0.321 e. The van der Waals surface area contributed by atoms with E-state index in [9.17, 15) is 0 Å². The van der Waals surface area contributed by atoms with Crippen molar-refractivity contribution in [2.24, 2.45) is 5.73 Å². The fourth-order valence-corrected chi connectivity index (χ4v) is 19.8. The van der Waals surface area contributed by atoms with E-state index in [0.717, 1.165) is 38.3 Å². The van der Waals surface area contributed by atoms with E-state index in [1.54, 1.807) is 0 Å². The molecule has 0 aromatic heterocycles. The molecule has 2 N–H and O–H groups in total. The van der Waals surface area contributed by atoms with Gasteiger partial charge in [0.05, 0.1) is 14.2 Å². The number of nitrogens with two attached hydrogens (primary N) is 1. The molecule has 0 fully saturated rings. The molecule has 0 aromatic rings. The van der Waals surface area contributed by atoms with E-state index in [0.29, 0.717) is 0 Å². The van der Waals surface area contributed by atoms with Gasteiger partial charge in [-0.2, -0.15) is 0 Å². The quantitative estimate of drug-likeness (QED) is 0.233. The molecule has 0 radical (unpaired) electrons. The van der Waals surface area contributed by atoms with Gasteiger partial charge in [-0.1, -0.05) is 47.3 Å². The van der Waals surface area contributed by atoms with Crippen molar-refractivity contribution in [3.05, 3.63) is 0 Å². The third-order valence-corrected chi connectivity index (χ3v) is 22.0. The zero-order chi connectivity index (χ0) is 24.9. The van der Waals surface area contributed by atoms with Gasteiger partial charge in [0, 0.05) is 10.3 Å². The zero-order valence-electron chi connectivity index (χ0n) is 23.6. The average molecular weight is 508 g/mol. The van der Waals surface area contributed by atoms with E-state index in [-0.39, 0.29) is 16.4 Å². The molecule has 0 aliphatic heterocycles. The van der Waals surface area contributed by atoms with Crippen molar-refractivity contribution in [3.63, 3.8) is 0 Å². The molecule has 0 spiro atoms. The van der Waals surface area contributed by atoms with Crippen LogP contribution in [-0.4, -0.2) is 51.1 Å². The lowest BCUT2D eigenvalue weighted by molar-refractivity contribution is 0.0731. The molecule has 0 amide bonds. The van der Waals surface area contributed by atoms with Gasteiger partial charge < -0.3 is 18.7 Å². The molecular formula is C23H57NO3Si4. The third kappa shape index (κ3) is 8.46. The summed E-state index contributed by atoms with van der Waals surface area (Å²) in [4.78, 5) is 0. The molecule has 3 unspecified atom stereocenters. The minimum Gasteiger partial charge on any atom is -0.436 e. The molecule has 0 aromatic carbocycles. The molecule has 0 bridgehead atoms. The van der Waals surface area contributed by atoms with Crippen LogP contribution >= 0.6 is 0 Å². The minimum absolute atomic E-state index is 0.0000693. The van der Waals surface area contributed by atoms with Crippen LogP contribution in [0.1, 0.15) is 60.3 Å². The van der Waals surface area contributed by atoms with Crippen molar-refractivity contribution >= 4 is 33.3 Å². The first-order valence-electron chi connectivity index (χ1n) is 12.5. The molecule has 0 aliphatic rings. The van der Waals surface area contributed by atoms with E-state index >= 15 is 0 Å². The Morgan fingerprint density at radius 1 is 0.839 bits per heavy atom. The normalized spacial score (nSPS) is 20.6. The van der Waals surface area contributed by atoms with Crippen LogP contribution in [0.25, 0.3) is 0 Å². The van der Waals surface area contributed by atoms with E-state index in [1.807, 2.05) is 0 Å². The van der Waals surface area contributed by atoms with Gasteiger partial charge in [-0.25, -0.2) is 0 Å². The average Bonchev–Trinajstić information content (AvgIpc) is 2.60. The summed E-state index contributed by atoms with van der Waals surface area (Å²) in [5.41, 5.74) is 6.02. The van der Waals surface area contributed by atoms with Crippen molar-refractivity contribution in [2.45, 2.75) is 142 Å². The summed E-state index contributed by atoms with van der Waals surface area (Å²) < 4.78 is 21.0. The van der Waals surface area contributed by atoms with Crippen LogP contribution in [0.4, 0.5) is 0 Å². The summed E-state index contributed by atoms with van der Waals surface area (Å²) in [7, 11) is -7.69. The second-order valence-corrected chi connectivity index (χ2v) is 30.4.